The Bertz CT molecular complexity index is 3170. The van der Waals surface area contributed by atoms with E-state index in [1.807, 2.05) is 11.3 Å². The molecule has 0 radical (unpaired) electrons. The Morgan fingerprint density at radius 3 is 1.73 bits per heavy atom. The van der Waals surface area contributed by atoms with E-state index in [2.05, 4.69) is 231 Å². The van der Waals surface area contributed by atoms with Crippen molar-refractivity contribution in [1.82, 2.24) is 0 Å². The van der Waals surface area contributed by atoms with Gasteiger partial charge in [0.15, 0.2) is 0 Å². The number of hydrogen-bond donors (Lipinski definition) is 0. The van der Waals surface area contributed by atoms with Gasteiger partial charge in [0.2, 0.25) is 0 Å². The van der Waals surface area contributed by atoms with Crippen LogP contribution in [0.15, 0.2) is 212 Å². The van der Waals surface area contributed by atoms with Gasteiger partial charge < -0.3 is 4.90 Å². The van der Waals surface area contributed by atoms with Crippen LogP contribution in [-0.2, 0) is 5.41 Å². The van der Waals surface area contributed by atoms with Crippen LogP contribution in [0.5, 0.6) is 0 Å². The van der Waals surface area contributed by atoms with Crippen molar-refractivity contribution in [2.45, 2.75) is 19.3 Å². The topological polar surface area (TPSA) is 3.24 Å². The maximum Gasteiger partial charge on any atom is 0.0540 e. The lowest BCUT2D eigenvalue weighted by atomic mass is 9.82. The predicted molar refractivity (Wildman–Crippen MR) is 253 cm³/mol. The largest absolute Gasteiger partial charge is 0.309 e. The van der Waals surface area contributed by atoms with Crippen molar-refractivity contribution >= 4 is 48.6 Å². The highest BCUT2D eigenvalue weighted by molar-refractivity contribution is 7.25. The lowest BCUT2D eigenvalue weighted by Gasteiger charge is -2.31. The van der Waals surface area contributed by atoms with Gasteiger partial charge in [-0.2, -0.15) is 0 Å². The Morgan fingerprint density at radius 1 is 0.356 bits per heavy atom. The molecule has 9 aromatic carbocycles. The highest BCUT2D eigenvalue weighted by Crippen LogP contribution is 2.54. The molecule has 0 amide bonds. The molecule has 0 saturated heterocycles. The molecule has 0 N–H and O–H groups in total. The van der Waals surface area contributed by atoms with E-state index < -0.39 is 0 Å². The van der Waals surface area contributed by atoms with E-state index in [1.54, 1.807) is 0 Å². The van der Waals surface area contributed by atoms with Crippen LogP contribution in [-0.4, -0.2) is 0 Å². The molecule has 1 nitrogen and oxygen atoms in total. The van der Waals surface area contributed by atoms with Crippen molar-refractivity contribution in [2.24, 2.45) is 0 Å². The summed E-state index contributed by atoms with van der Waals surface area (Å²) in [6.07, 6.45) is 0. The summed E-state index contributed by atoms with van der Waals surface area (Å²) in [5.74, 6) is 0. The van der Waals surface area contributed by atoms with Crippen molar-refractivity contribution in [3.63, 3.8) is 0 Å². The summed E-state index contributed by atoms with van der Waals surface area (Å²) in [5.41, 5.74) is 18.2. The number of nitrogens with zero attached hydrogens (tertiary/aromatic N) is 1. The molecule has 1 aromatic heterocycles. The maximum absolute atomic E-state index is 2.48. The Hall–Kier alpha value is -7.00. The molecular weight excluding hydrogens is 731 g/mol. The number of rotatable bonds is 7. The Balaban J connectivity index is 1.13. The van der Waals surface area contributed by atoms with Gasteiger partial charge in [-0.3, -0.25) is 0 Å². The average molecular weight is 772 g/mol. The van der Waals surface area contributed by atoms with Gasteiger partial charge in [-0.25, -0.2) is 0 Å². The third-order valence-electron chi connectivity index (χ3n) is 12.3. The van der Waals surface area contributed by atoms with E-state index >= 15 is 0 Å². The molecule has 280 valence electrons. The average Bonchev–Trinajstić information content (AvgIpc) is 3.79. The molecule has 1 aliphatic carbocycles. The van der Waals surface area contributed by atoms with Crippen molar-refractivity contribution in [1.29, 1.82) is 0 Å². The number of anilines is 3. The Labute approximate surface area is 350 Å². The SMILES string of the molecule is CC1(C)c2ccccc2-c2c(-c3ccccc3N(c3ccc(-c4ccc5sc6ccccc6c5c4)cc3)c3ccc(-c4ccccc4)cc3-c3ccccc3)cccc21. The second kappa shape index (κ2) is 14.1. The fourth-order valence-electron chi connectivity index (χ4n) is 9.38. The number of thiophene rings is 1. The first-order valence-electron chi connectivity index (χ1n) is 20.4. The van der Waals surface area contributed by atoms with E-state index in [1.165, 1.54) is 86.9 Å². The van der Waals surface area contributed by atoms with Gasteiger partial charge in [-0.15, -0.1) is 11.3 Å². The second-order valence-electron chi connectivity index (χ2n) is 16.1. The number of hydrogen-bond acceptors (Lipinski definition) is 2. The predicted octanol–water partition coefficient (Wildman–Crippen LogP) is 16.5. The molecule has 0 fully saturated rings. The standard InChI is InChI=1S/C57H41NS/c1-57(2)50-24-12-9-22-47(50)56-46(23-15-25-51(56)57)44-20-10-13-26-52(44)58(53-34-30-41(38-16-5-3-6-17-38)36-48(53)40-18-7-4-8-19-40)43-32-28-39(29-33-43)42-31-35-55-49(37-42)45-21-11-14-27-54(45)59-55/h3-37H,1-2H3. The summed E-state index contributed by atoms with van der Waals surface area (Å²) in [6.45, 7) is 4.72. The van der Waals surface area contributed by atoms with E-state index in [4.69, 9.17) is 0 Å². The van der Waals surface area contributed by atoms with E-state index in [0.717, 1.165) is 17.1 Å². The molecule has 1 aliphatic rings. The monoisotopic (exact) mass is 771 g/mol. The van der Waals surface area contributed by atoms with Crippen LogP contribution in [0.3, 0.4) is 0 Å². The van der Waals surface area contributed by atoms with Crippen LogP contribution in [0.2, 0.25) is 0 Å². The quantitative estimate of drug-likeness (QED) is 0.156. The van der Waals surface area contributed by atoms with Crippen LogP contribution < -0.4 is 4.90 Å². The molecular formula is C57H41NS. The third-order valence-corrected chi connectivity index (χ3v) is 13.5. The second-order valence-corrected chi connectivity index (χ2v) is 17.2. The minimum absolute atomic E-state index is 0.0987. The molecule has 1 heterocycles. The zero-order valence-corrected chi connectivity index (χ0v) is 33.9. The van der Waals surface area contributed by atoms with Gasteiger partial charge in [-0.1, -0.05) is 178 Å². The first-order chi connectivity index (χ1) is 29.0. The van der Waals surface area contributed by atoms with Crippen LogP contribution in [0.25, 0.3) is 75.8 Å². The van der Waals surface area contributed by atoms with Crippen LogP contribution in [0, 0.1) is 0 Å². The van der Waals surface area contributed by atoms with Crippen molar-refractivity contribution in [3.8, 4) is 55.6 Å². The number of benzene rings is 9. The molecule has 11 rings (SSSR count). The summed E-state index contributed by atoms with van der Waals surface area (Å²) in [7, 11) is 0. The zero-order valence-electron chi connectivity index (χ0n) is 33.1. The Kier molecular flexibility index (Phi) is 8.43. The van der Waals surface area contributed by atoms with Gasteiger partial charge in [0.05, 0.1) is 11.4 Å². The highest BCUT2D eigenvalue weighted by Gasteiger charge is 2.37. The molecule has 0 atom stereocenters. The van der Waals surface area contributed by atoms with E-state index in [0.29, 0.717) is 0 Å². The summed E-state index contributed by atoms with van der Waals surface area (Å²) in [6, 6.07) is 78.2. The first kappa shape index (κ1) is 35.2. The first-order valence-corrected chi connectivity index (χ1v) is 21.2. The fourth-order valence-corrected chi connectivity index (χ4v) is 10.5. The maximum atomic E-state index is 2.48. The van der Waals surface area contributed by atoms with Crippen molar-refractivity contribution in [2.75, 3.05) is 4.90 Å². The summed E-state index contributed by atoms with van der Waals surface area (Å²) >= 11 is 1.86. The van der Waals surface area contributed by atoms with Gasteiger partial charge >= 0.3 is 0 Å². The minimum atomic E-state index is -0.0987. The van der Waals surface area contributed by atoms with Gasteiger partial charge in [-0.05, 0) is 104 Å². The minimum Gasteiger partial charge on any atom is -0.309 e. The van der Waals surface area contributed by atoms with E-state index in [-0.39, 0.29) is 5.41 Å². The van der Waals surface area contributed by atoms with Crippen molar-refractivity contribution < 1.29 is 0 Å². The number of fused-ring (bicyclic) bond motifs is 6. The molecule has 10 aromatic rings. The van der Waals surface area contributed by atoms with Crippen LogP contribution in [0.4, 0.5) is 17.1 Å². The van der Waals surface area contributed by atoms with Gasteiger partial charge in [0, 0.05) is 42.4 Å². The smallest absolute Gasteiger partial charge is 0.0540 e. The molecule has 59 heavy (non-hydrogen) atoms. The highest BCUT2D eigenvalue weighted by atomic mass is 32.1. The van der Waals surface area contributed by atoms with Crippen LogP contribution in [0.1, 0.15) is 25.0 Å². The lowest BCUT2D eigenvalue weighted by Crippen LogP contribution is -2.15. The zero-order chi connectivity index (χ0) is 39.5. The summed E-state index contributed by atoms with van der Waals surface area (Å²) in [5, 5.41) is 2.63. The molecule has 0 bridgehead atoms. The molecule has 0 spiro atoms. The lowest BCUT2D eigenvalue weighted by molar-refractivity contribution is 0.660. The molecule has 0 aliphatic heterocycles. The van der Waals surface area contributed by atoms with Gasteiger partial charge in [0.25, 0.3) is 0 Å². The normalized spacial score (nSPS) is 12.7. The third kappa shape index (κ3) is 5.91. The number of para-hydroxylation sites is 1. The molecule has 2 heteroatoms. The van der Waals surface area contributed by atoms with E-state index in [9.17, 15) is 0 Å². The summed E-state index contributed by atoms with van der Waals surface area (Å²) in [4.78, 5) is 2.48. The van der Waals surface area contributed by atoms with Crippen LogP contribution >= 0.6 is 11.3 Å². The molecule has 0 unspecified atom stereocenters. The van der Waals surface area contributed by atoms with Crippen molar-refractivity contribution in [3.05, 3.63) is 223 Å². The summed E-state index contributed by atoms with van der Waals surface area (Å²) < 4.78 is 2.65. The fraction of sp³-hybridized carbons (Fsp3) is 0.0526. The Morgan fingerprint density at radius 2 is 0.915 bits per heavy atom. The molecule has 0 saturated carbocycles. The van der Waals surface area contributed by atoms with Gasteiger partial charge in [0.1, 0.15) is 0 Å².